The van der Waals surface area contributed by atoms with Gasteiger partial charge in [0.25, 0.3) is 5.91 Å². The number of nitrogens with zero attached hydrogens (tertiary/aromatic N) is 2. The van der Waals surface area contributed by atoms with Crippen LogP contribution in [0.1, 0.15) is 21.7 Å². The van der Waals surface area contributed by atoms with Crippen molar-refractivity contribution >= 4 is 17.6 Å². The molecule has 0 bridgehead atoms. The first kappa shape index (κ1) is 19.2. The molecular weight excluding hydrogens is 358 g/mol. The maximum atomic E-state index is 12.3. The van der Waals surface area contributed by atoms with Gasteiger partial charge in [-0.15, -0.1) is 0 Å². The summed E-state index contributed by atoms with van der Waals surface area (Å²) in [5.74, 6) is -0.674. The monoisotopic (exact) mass is 379 g/mol. The lowest BCUT2D eigenvalue weighted by atomic mass is 10.2. The van der Waals surface area contributed by atoms with Crippen molar-refractivity contribution < 1.29 is 19.1 Å². The number of hydrogen-bond donors (Lipinski definition) is 1. The number of para-hydroxylation sites is 2. The molecule has 0 fully saturated rings. The van der Waals surface area contributed by atoms with Crippen LogP contribution in [0, 0.1) is 13.8 Å². The highest BCUT2D eigenvalue weighted by Crippen LogP contribution is 2.23. The molecule has 28 heavy (non-hydrogen) atoms. The number of hydrogen-bond acceptors (Lipinski definition) is 5. The second-order valence-corrected chi connectivity index (χ2v) is 6.12. The smallest absolute Gasteiger partial charge is 0.342 e. The quantitative estimate of drug-likeness (QED) is 0.665. The molecule has 0 aliphatic carbocycles. The molecule has 0 aliphatic rings. The van der Waals surface area contributed by atoms with Crippen LogP contribution in [-0.4, -0.2) is 35.4 Å². The highest BCUT2D eigenvalue weighted by Gasteiger charge is 2.18. The van der Waals surface area contributed by atoms with Crippen molar-refractivity contribution in [3.05, 3.63) is 71.5 Å². The van der Waals surface area contributed by atoms with Crippen LogP contribution in [0.2, 0.25) is 0 Å². The zero-order chi connectivity index (χ0) is 20.1. The van der Waals surface area contributed by atoms with E-state index in [4.69, 9.17) is 9.47 Å². The topological polar surface area (TPSA) is 82.4 Å². The first-order valence-corrected chi connectivity index (χ1v) is 8.73. The fourth-order valence-electron chi connectivity index (χ4n) is 2.84. The van der Waals surface area contributed by atoms with Crippen molar-refractivity contribution in [3.8, 4) is 11.4 Å². The summed E-state index contributed by atoms with van der Waals surface area (Å²) in [4.78, 5) is 24.5. The summed E-state index contributed by atoms with van der Waals surface area (Å²) in [7, 11) is 1.47. The Bertz CT molecular complexity index is 996. The number of esters is 1. The van der Waals surface area contributed by atoms with Crippen LogP contribution >= 0.6 is 0 Å². The molecule has 2 aromatic carbocycles. The number of carbonyl (C=O) groups excluding carboxylic acids is 2. The predicted octanol–water partition coefficient (Wildman–Crippen LogP) is 3.29. The average molecular weight is 379 g/mol. The first-order chi connectivity index (χ1) is 13.5. The Morgan fingerprint density at radius 3 is 2.43 bits per heavy atom. The van der Waals surface area contributed by atoms with Crippen LogP contribution in [-0.2, 0) is 9.53 Å². The van der Waals surface area contributed by atoms with Gasteiger partial charge in [0.15, 0.2) is 6.61 Å². The summed E-state index contributed by atoms with van der Waals surface area (Å²) in [6.45, 7) is 3.26. The Morgan fingerprint density at radius 1 is 1.04 bits per heavy atom. The molecule has 0 atom stereocenters. The van der Waals surface area contributed by atoms with Gasteiger partial charge in [0, 0.05) is 0 Å². The van der Waals surface area contributed by atoms with E-state index >= 15 is 0 Å². The van der Waals surface area contributed by atoms with Gasteiger partial charge in [-0.2, -0.15) is 5.10 Å². The Hall–Kier alpha value is -3.61. The van der Waals surface area contributed by atoms with Crippen LogP contribution in [0.3, 0.4) is 0 Å². The van der Waals surface area contributed by atoms with Gasteiger partial charge in [-0.05, 0) is 38.1 Å². The molecule has 1 aromatic heterocycles. The van der Waals surface area contributed by atoms with E-state index in [1.807, 2.05) is 44.2 Å². The van der Waals surface area contributed by atoms with Gasteiger partial charge in [-0.1, -0.05) is 30.3 Å². The number of benzene rings is 2. The van der Waals surface area contributed by atoms with E-state index in [1.54, 1.807) is 28.9 Å². The molecule has 0 spiro atoms. The number of methoxy groups -OCH3 is 1. The lowest BCUT2D eigenvalue weighted by molar-refractivity contribution is -0.119. The Kier molecular flexibility index (Phi) is 5.74. The lowest BCUT2D eigenvalue weighted by Gasteiger charge is -2.09. The largest absolute Gasteiger partial charge is 0.496 e. The molecule has 0 radical (unpaired) electrons. The number of aryl methyl sites for hydroxylation is 1. The number of carbonyl (C=O) groups is 2. The maximum Gasteiger partial charge on any atom is 0.342 e. The summed E-state index contributed by atoms with van der Waals surface area (Å²) in [6.07, 6.45) is 0. The van der Waals surface area contributed by atoms with Gasteiger partial charge in [-0.25, -0.2) is 9.48 Å². The molecule has 1 N–H and O–H groups in total. The fraction of sp³-hybridized carbons (Fsp3) is 0.190. The van der Waals surface area contributed by atoms with Crippen molar-refractivity contribution in [2.75, 3.05) is 19.0 Å². The molecule has 7 nitrogen and oxygen atoms in total. The van der Waals surface area contributed by atoms with Crippen LogP contribution in [0.15, 0.2) is 54.6 Å². The standard InChI is InChI=1S/C21H21N3O4/c1-14-20(15(2)24(23-14)16-9-5-4-6-10-16)22-19(25)13-28-21(26)17-11-7-8-12-18(17)27-3/h4-12H,13H2,1-3H3,(H,22,25). The van der Waals surface area contributed by atoms with Crippen molar-refractivity contribution in [2.24, 2.45) is 0 Å². The van der Waals surface area contributed by atoms with Crippen LogP contribution in [0.25, 0.3) is 5.69 Å². The Balaban J connectivity index is 1.67. The van der Waals surface area contributed by atoms with E-state index in [0.717, 1.165) is 11.4 Å². The number of ether oxygens (including phenoxy) is 2. The molecular formula is C21H21N3O4. The van der Waals surface area contributed by atoms with Crippen molar-refractivity contribution in [1.29, 1.82) is 0 Å². The SMILES string of the molecule is COc1ccccc1C(=O)OCC(=O)Nc1c(C)nn(-c2ccccc2)c1C. The number of anilines is 1. The van der Waals surface area contributed by atoms with Gasteiger partial charge in [0.05, 0.1) is 29.9 Å². The van der Waals surface area contributed by atoms with E-state index in [-0.39, 0.29) is 5.56 Å². The van der Waals surface area contributed by atoms with Gasteiger partial charge >= 0.3 is 5.97 Å². The Morgan fingerprint density at radius 2 is 1.71 bits per heavy atom. The number of rotatable bonds is 6. The third-order valence-electron chi connectivity index (χ3n) is 4.22. The first-order valence-electron chi connectivity index (χ1n) is 8.73. The van der Waals surface area contributed by atoms with Crippen molar-refractivity contribution in [2.45, 2.75) is 13.8 Å². The molecule has 3 rings (SSSR count). The Labute approximate surface area is 162 Å². The second kappa shape index (κ2) is 8.39. The van der Waals surface area contributed by atoms with Gasteiger partial charge < -0.3 is 14.8 Å². The highest BCUT2D eigenvalue weighted by atomic mass is 16.5. The van der Waals surface area contributed by atoms with Crippen molar-refractivity contribution in [3.63, 3.8) is 0 Å². The van der Waals surface area contributed by atoms with Gasteiger partial charge in [0.1, 0.15) is 11.3 Å². The molecule has 3 aromatic rings. The third kappa shape index (κ3) is 4.03. The summed E-state index contributed by atoms with van der Waals surface area (Å²) in [5, 5.41) is 7.25. The van der Waals surface area contributed by atoms with Gasteiger partial charge in [-0.3, -0.25) is 4.79 Å². The van der Waals surface area contributed by atoms with Crippen LogP contribution in [0.4, 0.5) is 5.69 Å². The third-order valence-corrected chi connectivity index (χ3v) is 4.22. The van der Waals surface area contributed by atoms with E-state index in [0.29, 0.717) is 17.1 Å². The second-order valence-electron chi connectivity index (χ2n) is 6.12. The summed E-state index contributed by atoms with van der Waals surface area (Å²) >= 11 is 0. The lowest BCUT2D eigenvalue weighted by Crippen LogP contribution is -2.21. The zero-order valence-corrected chi connectivity index (χ0v) is 15.9. The number of aromatic nitrogens is 2. The molecule has 0 unspecified atom stereocenters. The molecule has 0 aliphatic heterocycles. The molecule has 1 amide bonds. The van der Waals surface area contributed by atoms with Crippen molar-refractivity contribution in [1.82, 2.24) is 9.78 Å². The molecule has 0 saturated carbocycles. The molecule has 0 saturated heterocycles. The minimum Gasteiger partial charge on any atom is -0.496 e. The highest BCUT2D eigenvalue weighted by molar-refractivity contribution is 5.97. The minimum atomic E-state index is -0.624. The normalized spacial score (nSPS) is 10.4. The molecule has 1 heterocycles. The van der Waals surface area contributed by atoms with Gasteiger partial charge in [0.2, 0.25) is 0 Å². The predicted molar refractivity (Wildman–Crippen MR) is 105 cm³/mol. The summed E-state index contributed by atoms with van der Waals surface area (Å²) < 4.78 is 12.0. The fourth-order valence-corrected chi connectivity index (χ4v) is 2.84. The number of amides is 1. The van der Waals surface area contributed by atoms with Crippen LogP contribution < -0.4 is 10.1 Å². The van der Waals surface area contributed by atoms with E-state index in [1.165, 1.54) is 7.11 Å². The minimum absolute atomic E-state index is 0.266. The maximum absolute atomic E-state index is 12.3. The van der Waals surface area contributed by atoms with Crippen LogP contribution in [0.5, 0.6) is 5.75 Å². The number of nitrogens with one attached hydrogen (secondary N) is 1. The zero-order valence-electron chi connectivity index (χ0n) is 15.9. The van der Waals surface area contributed by atoms with E-state index < -0.39 is 18.5 Å². The molecule has 7 heteroatoms. The molecule has 144 valence electrons. The summed E-state index contributed by atoms with van der Waals surface area (Å²) in [5.41, 5.74) is 3.22. The summed E-state index contributed by atoms with van der Waals surface area (Å²) in [6, 6.07) is 16.3. The van der Waals surface area contributed by atoms with E-state index in [2.05, 4.69) is 10.4 Å². The average Bonchev–Trinajstić information content (AvgIpc) is 3.00. The van der Waals surface area contributed by atoms with E-state index in [9.17, 15) is 9.59 Å².